The first kappa shape index (κ1) is 22.3. The van der Waals surface area contributed by atoms with E-state index >= 15 is 0 Å². The highest BCUT2D eigenvalue weighted by molar-refractivity contribution is 6.31. The van der Waals surface area contributed by atoms with Gasteiger partial charge in [0.25, 0.3) is 11.8 Å². The zero-order valence-electron chi connectivity index (χ0n) is 17.6. The van der Waals surface area contributed by atoms with Crippen LogP contribution in [-0.2, 0) is 4.79 Å². The Bertz CT molecular complexity index is 1130. The number of amides is 2. The quantitative estimate of drug-likeness (QED) is 0.424. The van der Waals surface area contributed by atoms with Crippen LogP contribution < -0.4 is 15.5 Å². The largest absolute Gasteiger partial charge is 0.496 e. The van der Waals surface area contributed by atoms with Crippen LogP contribution in [-0.4, -0.2) is 31.2 Å². The molecular weight excluding hydrogens is 414 g/mol. The summed E-state index contributed by atoms with van der Waals surface area (Å²) in [5, 5.41) is 9.31. The number of carbonyl (C=O) groups excluding carboxylic acids is 2. The van der Waals surface area contributed by atoms with Gasteiger partial charge in [-0.05, 0) is 41.0 Å². The highest BCUT2D eigenvalue weighted by Crippen LogP contribution is 2.26. The van der Waals surface area contributed by atoms with Crippen LogP contribution in [0.5, 0.6) is 5.75 Å². The summed E-state index contributed by atoms with van der Waals surface area (Å²) in [7, 11) is 1.58. The normalized spacial score (nSPS) is 12.2. The van der Waals surface area contributed by atoms with Crippen molar-refractivity contribution in [3.8, 4) is 5.75 Å². The maximum atomic E-state index is 12.7. The molecule has 31 heavy (non-hydrogen) atoms. The van der Waals surface area contributed by atoms with Crippen molar-refractivity contribution in [1.29, 1.82) is 0 Å². The lowest BCUT2D eigenvalue weighted by Gasteiger charge is -2.20. The van der Waals surface area contributed by atoms with Crippen LogP contribution in [0.2, 0.25) is 5.02 Å². The number of hydrogen-bond acceptors (Lipinski definition) is 4. The molecule has 7 heteroatoms. The van der Waals surface area contributed by atoms with Crippen LogP contribution in [0.4, 0.5) is 0 Å². The third-order valence-electron chi connectivity index (χ3n) is 4.84. The van der Waals surface area contributed by atoms with Gasteiger partial charge in [-0.2, -0.15) is 5.10 Å². The Morgan fingerprint density at radius 1 is 1.06 bits per heavy atom. The molecule has 0 fully saturated rings. The van der Waals surface area contributed by atoms with Crippen molar-refractivity contribution < 1.29 is 14.3 Å². The molecule has 1 atom stereocenters. The van der Waals surface area contributed by atoms with Crippen LogP contribution >= 0.6 is 11.6 Å². The predicted octanol–water partition coefficient (Wildman–Crippen LogP) is 4.41. The zero-order valence-corrected chi connectivity index (χ0v) is 18.3. The predicted molar refractivity (Wildman–Crippen MR) is 124 cm³/mol. The van der Waals surface area contributed by atoms with Crippen molar-refractivity contribution in [2.24, 2.45) is 11.0 Å². The van der Waals surface area contributed by atoms with Crippen molar-refractivity contribution in [3.63, 3.8) is 0 Å². The topological polar surface area (TPSA) is 79.8 Å². The van der Waals surface area contributed by atoms with Gasteiger partial charge in [0.05, 0.1) is 13.3 Å². The Morgan fingerprint density at radius 2 is 1.84 bits per heavy atom. The standard InChI is InChI=1S/C24H24ClN3O3/c1-15(2)22(27-23(29)17-8-6-9-18(25)13-17)24(30)28-26-14-20-19-10-5-4-7-16(19)11-12-21(20)31-3/h4-15,22H,1-3H3,(H,27,29)(H,28,30). The van der Waals surface area contributed by atoms with E-state index in [-0.39, 0.29) is 11.8 Å². The molecule has 0 saturated carbocycles. The number of rotatable bonds is 7. The maximum Gasteiger partial charge on any atom is 0.262 e. The van der Waals surface area contributed by atoms with Gasteiger partial charge < -0.3 is 10.1 Å². The minimum absolute atomic E-state index is 0.148. The maximum absolute atomic E-state index is 12.7. The molecule has 1 unspecified atom stereocenters. The van der Waals surface area contributed by atoms with Gasteiger partial charge in [-0.3, -0.25) is 9.59 Å². The molecule has 2 N–H and O–H groups in total. The van der Waals surface area contributed by atoms with Crippen LogP contribution in [0.25, 0.3) is 10.8 Å². The third-order valence-corrected chi connectivity index (χ3v) is 5.08. The van der Waals surface area contributed by atoms with E-state index in [1.165, 1.54) is 0 Å². The second-order valence-electron chi connectivity index (χ2n) is 7.34. The van der Waals surface area contributed by atoms with Gasteiger partial charge >= 0.3 is 0 Å². The number of fused-ring (bicyclic) bond motifs is 1. The second-order valence-corrected chi connectivity index (χ2v) is 7.78. The molecule has 0 heterocycles. The number of nitrogens with one attached hydrogen (secondary N) is 2. The van der Waals surface area contributed by atoms with E-state index in [0.29, 0.717) is 16.3 Å². The SMILES string of the molecule is COc1ccc2ccccc2c1C=NNC(=O)C(NC(=O)c1cccc(Cl)c1)C(C)C. The van der Waals surface area contributed by atoms with Crippen LogP contribution in [0, 0.1) is 5.92 Å². The van der Waals surface area contributed by atoms with E-state index < -0.39 is 11.9 Å². The van der Waals surface area contributed by atoms with Gasteiger partial charge in [-0.15, -0.1) is 0 Å². The lowest BCUT2D eigenvalue weighted by molar-refractivity contribution is -0.123. The summed E-state index contributed by atoms with van der Waals surface area (Å²) in [6, 6.07) is 17.4. The minimum atomic E-state index is -0.766. The number of carbonyl (C=O) groups is 2. The second kappa shape index (κ2) is 10.1. The smallest absolute Gasteiger partial charge is 0.262 e. The third kappa shape index (κ3) is 5.41. The lowest BCUT2D eigenvalue weighted by Crippen LogP contribution is -2.48. The van der Waals surface area contributed by atoms with Crippen LogP contribution in [0.15, 0.2) is 65.8 Å². The van der Waals surface area contributed by atoms with E-state index in [9.17, 15) is 9.59 Å². The molecule has 0 aliphatic heterocycles. The monoisotopic (exact) mass is 437 g/mol. The summed E-state index contributed by atoms with van der Waals surface area (Å²) in [6.07, 6.45) is 1.55. The number of benzene rings is 3. The number of hydrogen-bond donors (Lipinski definition) is 2. The van der Waals surface area contributed by atoms with Gasteiger partial charge in [0.1, 0.15) is 11.8 Å². The molecule has 2 amide bonds. The fourth-order valence-electron chi connectivity index (χ4n) is 3.21. The lowest BCUT2D eigenvalue weighted by atomic mass is 10.0. The fraction of sp³-hybridized carbons (Fsp3) is 0.208. The van der Waals surface area contributed by atoms with Crippen LogP contribution in [0.1, 0.15) is 29.8 Å². The van der Waals surface area contributed by atoms with Gasteiger partial charge in [0, 0.05) is 16.1 Å². The number of halogens is 1. The molecule has 0 bridgehead atoms. The Balaban J connectivity index is 1.76. The molecule has 0 spiro atoms. The molecule has 0 aliphatic rings. The molecule has 6 nitrogen and oxygen atoms in total. The molecule has 160 valence electrons. The summed E-state index contributed by atoms with van der Waals surface area (Å²) in [5.41, 5.74) is 3.67. The van der Waals surface area contributed by atoms with Crippen molar-refractivity contribution in [2.45, 2.75) is 19.9 Å². The Kier molecular flexibility index (Phi) is 7.26. The van der Waals surface area contributed by atoms with E-state index in [4.69, 9.17) is 16.3 Å². The van der Waals surface area contributed by atoms with E-state index in [1.807, 2.05) is 50.2 Å². The first-order valence-electron chi connectivity index (χ1n) is 9.85. The Labute approximate surface area is 186 Å². The highest BCUT2D eigenvalue weighted by Gasteiger charge is 2.24. The molecular formula is C24H24ClN3O3. The molecule has 0 aromatic heterocycles. The summed E-state index contributed by atoms with van der Waals surface area (Å²) in [4.78, 5) is 25.3. The first-order valence-corrected chi connectivity index (χ1v) is 10.2. The molecule has 3 rings (SSSR count). The summed E-state index contributed by atoms with van der Waals surface area (Å²) >= 11 is 5.95. The number of nitrogens with zero attached hydrogens (tertiary/aromatic N) is 1. The molecule has 0 radical (unpaired) electrons. The number of methoxy groups -OCH3 is 1. The minimum Gasteiger partial charge on any atom is -0.496 e. The summed E-state index contributed by atoms with van der Waals surface area (Å²) in [5.74, 6) is -0.298. The Morgan fingerprint density at radius 3 is 2.55 bits per heavy atom. The van der Waals surface area contributed by atoms with Gasteiger partial charge in [0.2, 0.25) is 0 Å². The molecule has 0 saturated heterocycles. The molecule has 3 aromatic carbocycles. The number of hydrazone groups is 1. The van der Waals surface area contributed by atoms with E-state index in [1.54, 1.807) is 37.6 Å². The van der Waals surface area contributed by atoms with Crippen LogP contribution in [0.3, 0.4) is 0 Å². The van der Waals surface area contributed by atoms with Gasteiger partial charge in [-0.1, -0.05) is 61.8 Å². The van der Waals surface area contributed by atoms with Crippen molar-refractivity contribution in [2.75, 3.05) is 7.11 Å². The fourth-order valence-corrected chi connectivity index (χ4v) is 3.40. The molecule has 3 aromatic rings. The summed E-state index contributed by atoms with van der Waals surface area (Å²) < 4.78 is 5.44. The average molecular weight is 438 g/mol. The average Bonchev–Trinajstić information content (AvgIpc) is 2.77. The van der Waals surface area contributed by atoms with Crippen molar-refractivity contribution in [1.82, 2.24) is 10.7 Å². The van der Waals surface area contributed by atoms with Gasteiger partial charge in [-0.25, -0.2) is 5.43 Å². The van der Waals surface area contributed by atoms with Gasteiger partial charge in [0.15, 0.2) is 0 Å². The summed E-state index contributed by atoms with van der Waals surface area (Å²) in [6.45, 7) is 3.69. The van der Waals surface area contributed by atoms with Crippen molar-refractivity contribution >= 4 is 40.4 Å². The Hall–Kier alpha value is -3.38. The zero-order chi connectivity index (χ0) is 22.4. The van der Waals surface area contributed by atoms with E-state index in [0.717, 1.165) is 16.3 Å². The molecule has 0 aliphatic carbocycles. The van der Waals surface area contributed by atoms with E-state index in [2.05, 4.69) is 15.8 Å². The number of ether oxygens (including phenoxy) is 1. The first-order chi connectivity index (χ1) is 14.9. The highest BCUT2D eigenvalue weighted by atomic mass is 35.5. The van der Waals surface area contributed by atoms with Crippen molar-refractivity contribution in [3.05, 3.63) is 76.8 Å².